The highest BCUT2D eigenvalue weighted by atomic mass is 16.6. The smallest absolute Gasteiger partial charge is 0.313 e. The minimum atomic E-state index is -0.673. The maximum Gasteiger partial charge on any atom is 0.313 e. The molecule has 1 N–H and O–H groups in total. The number of rotatable bonds is 1. The summed E-state index contributed by atoms with van der Waals surface area (Å²) < 4.78 is 16.4. The summed E-state index contributed by atoms with van der Waals surface area (Å²) in [6.45, 7) is 2.26. The Bertz CT molecular complexity index is 741. The van der Waals surface area contributed by atoms with E-state index in [-0.39, 0.29) is 42.4 Å². The van der Waals surface area contributed by atoms with Crippen LogP contribution in [-0.4, -0.2) is 29.8 Å². The van der Waals surface area contributed by atoms with Gasteiger partial charge in [-0.1, -0.05) is 13.3 Å². The van der Waals surface area contributed by atoms with E-state index in [1.807, 2.05) is 13.0 Å². The van der Waals surface area contributed by atoms with Gasteiger partial charge in [-0.25, -0.2) is 0 Å². The van der Waals surface area contributed by atoms with Crippen molar-refractivity contribution in [1.29, 1.82) is 0 Å². The molecule has 1 aromatic rings. The van der Waals surface area contributed by atoms with E-state index in [0.717, 1.165) is 24.8 Å². The zero-order valence-corrected chi connectivity index (χ0v) is 14.8. The second kappa shape index (κ2) is 5.35. The Balaban J connectivity index is 1.60. The quantitative estimate of drug-likeness (QED) is 0.775. The summed E-state index contributed by atoms with van der Waals surface area (Å²) in [5.74, 6) is -0.805. The third-order valence-electron chi connectivity index (χ3n) is 7.80. The van der Waals surface area contributed by atoms with Crippen LogP contribution >= 0.6 is 0 Å². The molecule has 6 nitrogen and oxygen atoms in total. The highest BCUT2D eigenvalue weighted by Gasteiger charge is 2.72. The lowest BCUT2D eigenvalue weighted by Crippen LogP contribution is -2.63. The third kappa shape index (κ3) is 1.81. The van der Waals surface area contributed by atoms with Gasteiger partial charge in [0.2, 0.25) is 0 Å². The van der Waals surface area contributed by atoms with Crippen molar-refractivity contribution in [3.63, 3.8) is 0 Å². The van der Waals surface area contributed by atoms with Gasteiger partial charge in [-0.2, -0.15) is 0 Å². The molecule has 4 aliphatic rings. The first-order valence-corrected chi connectivity index (χ1v) is 9.58. The molecule has 0 unspecified atom stereocenters. The number of hydrogen-bond acceptors (Lipinski definition) is 6. The van der Waals surface area contributed by atoms with Gasteiger partial charge in [-0.05, 0) is 37.2 Å². The second-order valence-corrected chi connectivity index (χ2v) is 8.60. The maximum absolute atomic E-state index is 13.2. The topological polar surface area (TPSA) is 86.0 Å². The van der Waals surface area contributed by atoms with Gasteiger partial charge in [0.15, 0.2) is 0 Å². The molecule has 26 heavy (non-hydrogen) atoms. The Labute approximate surface area is 151 Å². The minimum Gasteiger partial charge on any atom is -0.472 e. The predicted octanol–water partition coefficient (Wildman–Crippen LogP) is 2.61. The largest absolute Gasteiger partial charge is 0.472 e. The molecule has 140 valence electrons. The Morgan fingerprint density at radius 3 is 2.88 bits per heavy atom. The van der Waals surface area contributed by atoms with Crippen LogP contribution < -0.4 is 0 Å². The van der Waals surface area contributed by atoms with Gasteiger partial charge >= 0.3 is 11.9 Å². The zero-order chi connectivity index (χ0) is 18.1. The number of carbonyl (C=O) groups excluding carboxylic acids is 2. The third-order valence-corrected chi connectivity index (χ3v) is 7.80. The zero-order valence-electron chi connectivity index (χ0n) is 14.8. The van der Waals surface area contributed by atoms with E-state index in [1.165, 1.54) is 0 Å². The average molecular weight is 360 g/mol. The average Bonchev–Trinajstić information content (AvgIpc) is 3.33. The summed E-state index contributed by atoms with van der Waals surface area (Å²) >= 11 is 0. The molecule has 0 bridgehead atoms. The normalized spacial score (nSPS) is 47.4. The number of esters is 2. The SMILES string of the molecule is C[C@H]1C[C@@H](O)[C@]23COC(=O)[C@@H]2CCC[C@@H]3[C@]12C[C@@H](c1ccoc1)OC2=O. The Hall–Kier alpha value is -1.82. The summed E-state index contributed by atoms with van der Waals surface area (Å²) in [5, 5.41) is 11.0. The summed E-state index contributed by atoms with van der Waals surface area (Å²) in [6.07, 6.45) is 5.77. The molecule has 2 saturated carbocycles. The van der Waals surface area contributed by atoms with E-state index in [2.05, 4.69) is 0 Å². The Morgan fingerprint density at radius 2 is 2.12 bits per heavy atom. The predicted molar refractivity (Wildman–Crippen MR) is 88.6 cm³/mol. The van der Waals surface area contributed by atoms with Crippen molar-refractivity contribution in [2.45, 2.75) is 51.2 Å². The van der Waals surface area contributed by atoms with Crippen molar-refractivity contribution < 1.29 is 28.6 Å². The Morgan fingerprint density at radius 1 is 1.27 bits per heavy atom. The van der Waals surface area contributed by atoms with E-state index in [9.17, 15) is 14.7 Å². The molecule has 2 spiro atoms. The lowest BCUT2D eigenvalue weighted by atomic mass is 9.43. The van der Waals surface area contributed by atoms with Crippen LogP contribution in [0.5, 0.6) is 0 Å². The molecule has 2 aliphatic carbocycles. The number of aliphatic hydroxyl groups is 1. The number of ether oxygens (including phenoxy) is 2. The molecule has 6 heteroatoms. The van der Waals surface area contributed by atoms with Crippen molar-refractivity contribution in [2.24, 2.45) is 28.6 Å². The van der Waals surface area contributed by atoms with Crippen LogP contribution in [0.3, 0.4) is 0 Å². The van der Waals surface area contributed by atoms with Gasteiger partial charge in [0.1, 0.15) is 12.7 Å². The number of cyclic esters (lactones) is 2. The maximum atomic E-state index is 13.2. The first kappa shape index (κ1) is 16.4. The molecule has 0 radical (unpaired) electrons. The molecule has 4 fully saturated rings. The van der Waals surface area contributed by atoms with E-state index < -0.39 is 16.9 Å². The second-order valence-electron chi connectivity index (χ2n) is 8.60. The fourth-order valence-corrected chi connectivity index (χ4v) is 6.55. The van der Waals surface area contributed by atoms with E-state index in [0.29, 0.717) is 12.8 Å². The van der Waals surface area contributed by atoms with Gasteiger partial charge in [0.25, 0.3) is 0 Å². The van der Waals surface area contributed by atoms with Crippen molar-refractivity contribution in [3.05, 3.63) is 24.2 Å². The van der Waals surface area contributed by atoms with Crippen LogP contribution in [0.2, 0.25) is 0 Å². The van der Waals surface area contributed by atoms with Crippen LogP contribution in [0.1, 0.15) is 50.7 Å². The molecule has 7 atom stereocenters. The van der Waals surface area contributed by atoms with Crippen LogP contribution in [0.4, 0.5) is 0 Å². The highest BCUT2D eigenvalue weighted by Crippen LogP contribution is 2.68. The summed E-state index contributed by atoms with van der Waals surface area (Å²) in [7, 11) is 0. The fraction of sp³-hybridized carbons (Fsp3) is 0.700. The molecule has 2 saturated heterocycles. The van der Waals surface area contributed by atoms with E-state index in [4.69, 9.17) is 13.9 Å². The van der Waals surface area contributed by atoms with E-state index >= 15 is 0 Å². The van der Waals surface area contributed by atoms with Crippen LogP contribution in [-0.2, 0) is 19.1 Å². The van der Waals surface area contributed by atoms with Crippen LogP contribution in [0.15, 0.2) is 23.0 Å². The molecular formula is C20H24O6. The van der Waals surface area contributed by atoms with Crippen LogP contribution in [0.25, 0.3) is 0 Å². The van der Waals surface area contributed by atoms with Crippen molar-refractivity contribution in [1.82, 2.24) is 0 Å². The van der Waals surface area contributed by atoms with Gasteiger partial charge in [0, 0.05) is 17.4 Å². The lowest BCUT2D eigenvalue weighted by Gasteiger charge is -2.58. The Kier molecular flexibility index (Phi) is 3.36. The molecule has 0 aromatic carbocycles. The molecular weight excluding hydrogens is 336 g/mol. The molecule has 2 aliphatic heterocycles. The molecule has 1 aromatic heterocycles. The number of aliphatic hydroxyl groups excluding tert-OH is 1. The monoisotopic (exact) mass is 360 g/mol. The summed E-state index contributed by atoms with van der Waals surface area (Å²) in [4.78, 5) is 25.6. The molecule has 0 amide bonds. The number of carbonyl (C=O) groups is 2. The number of fused-ring (bicyclic) bond motifs is 1. The van der Waals surface area contributed by atoms with E-state index in [1.54, 1.807) is 12.5 Å². The fourth-order valence-electron chi connectivity index (χ4n) is 6.55. The van der Waals surface area contributed by atoms with Gasteiger partial charge in [-0.15, -0.1) is 0 Å². The number of hydrogen-bond donors (Lipinski definition) is 1. The standard InChI is InChI=1S/C20H24O6/c1-11-7-16(21)20-10-25-17(22)13(20)3-2-4-15(20)19(11)8-14(26-18(19)23)12-5-6-24-9-12/h5-6,9,11,13-16,21H,2-4,7-8,10H2,1H3/t11-,13-,14-,15+,16+,19-,20+/m0/s1. The van der Waals surface area contributed by atoms with Crippen molar-refractivity contribution >= 4 is 11.9 Å². The number of furan rings is 1. The first-order chi connectivity index (χ1) is 12.5. The molecule has 5 rings (SSSR count). The molecule has 3 heterocycles. The lowest BCUT2D eigenvalue weighted by molar-refractivity contribution is -0.191. The van der Waals surface area contributed by atoms with Crippen molar-refractivity contribution in [3.8, 4) is 0 Å². The van der Waals surface area contributed by atoms with Gasteiger partial charge in [0.05, 0.1) is 30.0 Å². The van der Waals surface area contributed by atoms with Crippen molar-refractivity contribution in [2.75, 3.05) is 6.61 Å². The highest BCUT2D eigenvalue weighted by molar-refractivity contribution is 5.82. The summed E-state index contributed by atoms with van der Waals surface area (Å²) in [6, 6.07) is 1.83. The van der Waals surface area contributed by atoms with Gasteiger partial charge in [-0.3, -0.25) is 9.59 Å². The first-order valence-electron chi connectivity index (χ1n) is 9.58. The minimum absolute atomic E-state index is 0.00743. The van der Waals surface area contributed by atoms with Crippen LogP contribution in [0, 0.1) is 28.6 Å². The summed E-state index contributed by atoms with van der Waals surface area (Å²) in [5.41, 5.74) is -0.450. The van der Waals surface area contributed by atoms with Gasteiger partial charge < -0.3 is 19.0 Å².